The van der Waals surface area contributed by atoms with E-state index in [1.54, 1.807) is 12.1 Å². The van der Waals surface area contributed by atoms with Crippen molar-refractivity contribution in [3.05, 3.63) is 58.6 Å². The Balaban J connectivity index is 1.63. The second-order valence-corrected chi connectivity index (χ2v) is 5.96. The Hall–Kier alpha value is -2.34. The molecule has 5 nitrogen and oxygen atoms in total. The predicted molar refractivity (Wildman–Crippen MR) is 90.8 cm³/mol. The molecule has 1 heterocycles. The van der Waals surface area contributed by atoms with E-state index in [2.05, 4.69) is 26.5 Å². The quantitative estimate of drug-likeness (QED) is 0.663. The second kappa shape index (κ2) is 6.83. The number of carbonyl (C=O) groups excluding carboxylic acids is 1. The number of hydrogen-bond donors (Lipinski definition) is 1. The molecule has 0 spiro atoms. The number of nitrogens with one attached hydrogen (secondary N) is 1. The summed E-state index contributed by atoms with van der Waals surface area (Å²) in [6.07, 6.45) is -0.716. The van der Waals surface area contributed by atoms with Gasteiger partial charge in [0.05, 0.1) is 5.71 Å². The Morgan fingerprint density at radius 1 is 1.17 bits per heavy atom. The lowest BCUT2D eigenvalue weighted by molar-refractivity contribution is -0.130. The summed E-state index contributed by atoms with van der Waals surface area (Å²) < 4.78 is 12.1. The molecule has 1 N–H and O–H groups in total. The average molecular weight is 375 g/mol. The summed E-state index contributed by atoms with van der Waals surface area (Å²) in [5.74, 6) is 0.870. The van der Waals surface area contributed by atoms with Crippen LogP contribution < -0.4 is 14.9 Å². The first-order valence-electron chi connectivity index (χ1n) is 7.12. The first-order chi connectivity index (χ1) is 11.1. The lowest BCUT2D eigenvalue weighted by Crippen LogP contribution is -2.42. The van der Waals surface area contributed by atoms with Crippen molar-refractivity contribution in [2.24, 2.45) is 5.10 Å². The molecule has 0 aromatic heterocycles. The molecule has 2 aromatic carbocycles. The molecule has 1 atom stereocenters. The summed E-state index contributed by atoms with van der Waals surface area (Å²) in [4.78, 5) is 12.2. The van der Waals surface area contributed by atoms with E-state index in [0.717, 1.165) is 10.0 Å². The topological polar surface area (TPSA) is 59.9 Å². The molecule has 1 amide bonds. The Morgan fingerprint density at radius 2 is 1.87 bits per heavy atom. The molecule has 1 aliphatic heterocycles. The van der Waals surface area contributed by atoms with Gasteiger partial charge in [0.1, 0.15) is 6.61 Å². The van der Waals surface area contributed by atoms with Crippen molar-refractivity contribution in [3.8, 4) is 11.5 Å². The van der Waals surface area contributed by atoms with Crippen LogP contribution in [0, 0.1) is 0 Å². The zero-order valence-electron chi connectivity index (χ0n) is 12.5. The van der Waals surface area contributed by atoms with Gasteiger partial charge in [0, 0.05) is 4.47 Å². The van der Waals surface area contributed by atoms with Crippen LogP contribution >= 0.6 is 15.9 Å². The van der Waals surface area contributed by atoms with Gasteiger partial charge in [-0.3, -0.25) is 4.79 Å². The third kappa shape index (κ3) is 3.71. The maximum Gasteiger partial charge on any atom is 0.284 e. The highest BCUT2D eigenvalue weighted by molar-refractivity contribution is 9.10. The maximum atomic E-state index is 12.2. The number of carbonyl (C=O) groups is 1. The fraction of sp³-hybridized carbons (Fsp3) is 0.176. The Kier molecular flexibility index (Phi) is 4.62. The smallest absolute Gasteiger partial charge is 0.284 e. The van der Waals surface area contributed by atoms with Crippen LogP contribution in [-0.2, 0) is 4.79 Å². The van der Waals surface area contributed by atoms with Crippen molar-refractivity contribution in [3.63, 3.8) is 0 Å². The molecule has 3 rings (SSSR count). The van der Waals surface area contributed by atoms with Crippen molar-refractivity contribution in [2.45, 2.75) is 13.0 Å². The number of benzene rings is 2. The molecule has 23 heavy (non-hydrogen) atoms. The third-order valence-corrected chi connectivity index (χ3v) is 3.93. The fourth-order valence-corrected chi connectivity index (χ4v) is 2.38. The number of rotatable bonds is 3. The zero-order chi connectivity index (χ0) is 16.2. The minimum atomic E-state index is -0.716. The van der Waals surface area contributed by atoms with Crippen molar-refractivity contribution in [2.75, 3.05) is 6.61 Å². The number of hydrogen-bond acceptors (Lipinski definition) is 4. The zero-order valence-corrected chi connectivity index (χ0v) is 14.0. The number of fused-ring (bicyclic) bond motifs is 1. The third-order valence-electron chi connectivity index (χ3n) is 3.40. The van der Waals surface area contributed by atoms with Crippen molar-refractivity contribution < 1.29 is 14.3 Å². The molecule has 0 saturated carbocycles. The van der Waals surface area contributed by atoms with Crippen molar-refractivity contribution in [1.29, 1.82) is 0 Å². The number of halogens is 1. The molecule has 1 aliphatic rings. The molecule has 0 radical (unpaired) electrons. The van der Waals surface area contributed by atoms with E-state index in [9.17, 15) is 4.79 Å². The lowest BCUT2D eigenvalue weighted by Gasteiger charge is -2.24. The molecule has 0 unspecified atom stereocenters. The minimum Gasteiger partial charge on any atom is -0.485 e. The molecular formula is C17H15BrN2O3. The first-order valence-corrected chi connectivity index (χ1v) is 7.91. The molecule has 2 aromatic rings. The summed E-state index contributed by atoms with van der Waals surface area (Å²) in [5, 5.41) is 4.12. The second-order valence-electron chi connectivity index (χ2n) is 5.04. The normalized spacial score (nSPS) is 16.8. The summed E-state index contributed by atoms with van der Waals surface area (Å²) >= 11 is 3.38. The summed E-state index contributed by atoms with van der Waals surface area (Å²) in [6, 6.07) is 14.9. The monoisotopic (exact) mass is 374 g/mol. The summed E-state index contributed by atoms with van der Waals surface area (Å²) in [7, 11) is 0. The first kappa shape index (κ1) is 15.6. The SMILES string of the molecule is CC(=NNC(=O)[C@@H]1COc2ccccc2O1)c1ccc(Br)cc1. The van der Waals surface area contributed by atoms with Gasteiger partial charge in [-0.25, -0.2) is 5.43 Å². The number of nitrogens with zero attached hydrogens (tertiary/aromatic N) is 1. The summed E-state index contributed by atoms with van der Waals surface area (Å²) in [5.41, 5.74) is 4.17. The van der Waals surface area contributed by atoms with Gasteiger partial charge < -0.3 is 9.47 Å². The Bertz CT molecular complexity index is 744. The molecule has 0 bridgehead atoms. The maximum absolute atomic E-state index is 12.2. The highest BCUT2D eigenvalue weighted by atomic mass is 79.9. The standard InChI is InChI=1S/C17H15BrN2O3/c1-11(12-6-8-13(18)9-7-12)19-20-17(21)16-10-22-14-4-2-3-5-15(14)23-16/h2-9,16H,10H2,1H3,(H,20,21)/t16-/m0/s1. The van der Waals surface area contributed by atoms with Gasteiger partial charge in [0.25, 0.3) is 5.91 Å². The van der Waals surface area contributed by atoms with E-state index < -0.39 is 6.10 Å². The highest BCUT2D eigenvalue weighted by Crippen LogP contribution is 2.30. The Labute approximate surface area is 142 Å². The van der Waals surface area contributed by atoms with Gasteiger partial charge in [0.2, 0.25) is 6.10 Å². The van der Waals surface area contributed by atoms with Crippen LogP contribution in [0.3, 0.4) is 0 Å². The van der Waals surface area contributed by atoms with E-state index in [4.69, 9.17) is 9.47 Å². The van der Waals surface area contributed by atoms with Crippen molar-refractivity contribution >= 4 is 27.5 Å². The van der Waals surface area contributed by atoms with Gasteiger partial charge in [-0.1, -0.05) is 40.2 Å². The molecule has 0 aliphatic carbocycles. The van der Waals surface area contributed by atoms with Crippen LogP contribution in [0.25, 0.3) is 0 Å². The average Bonchev–Trinajstić information content (AvgIpc) is 2.59. The lowest BCUT2D eigenvalue weighted by atomic mass is 10.1. The Morgan fingerprint density at radius 3 is 2.61 bits per heavy atom. The van der Waals surface area contributed by atoms with E-state index in [1.807, 2.05) is 43.3 Å². The van der Waals surface area contributed by atoms with Gasteiger partial charge in [-0.05, 0) is 36.8 Å². The van der Waals surface area contributed by atoms with Crippen LogP contribution in [0.5, 0.6) is 11.5 Å². The number of para-hydroxylation sites is 2. The van der Waals surface area contributed by atoms with Crippen molar-refractivity contribution in [1.82, 2.24) is 5.43 Å². The highest BCUT2D eigenvalue weighted by Gasteiger charge is 2.27. The fourth-order valence-electron chi connectivity index (χ4n) is 2.12. The number of amides is 1. The molecular weight excluding hydrogens is 360 g/mol. The van der Waals surface area contributed by atoms with E-state index in [0.29, 0.717) is 17.2 Å². The van der Waals surface area contributed by atoms with Crippen LogP contribution in [0.1, 0.15) is 12.5 Å². The minimum absolute atomic E-state index is 0.162. The van der Waals surface area contributed by atoms with Crippen LogP contribution in [0.15, 0.2) is 58.1 Å². The predicted octanol–water partition coefficient (Wildman–Crippen LogP) is 3.13. The summed E-state index contributed by atoms with van der Waals surface area (Å²) in [6.45, 7) is 1.99. The van der Waals surface area contributed by atoms with Gasteiger partial charge in [0.15, 0.2) is 11.5 Å². The number of hydrazone groups is 1. The van der Waals surface area contributed by atoms with E-state index >= 15 is 0 Å². The van der Waals surface area contributed by atoms with Crippen LogP contribution in [-0.4, -0.2) is 24.3 Å². The molecule has 6 heteroatoms. The van der Waals surface area contributed by atoms with Gasteiger partial charge >= 0.3 is 0 Å². The van der Waals surface area contributed by atoms with Gasteiger partial charge in [-0.15, -0.1) is 0 Å². The van der Waals surface area contributed by atoms with Gasteiger partial charge in [-0.2, -0.15) is 5.10 Å². The molecule has 118 valence electrons. The van der Waals surface area contributed by atoms with E-state index in [1.165, 1.54) is 0 Å². The van der Waals surface area contributed by atoms with E-state index in [-0.39, 0.29) is 12.5 Å². The molecule has 0 saturated heterocycles. The van der Waals surface area contributed by atoms with Crippen LogP contribution in [0.2, 0.25) is 0 Å². The van der Waals surface area contributed by atoms with Crippen LogP contribution in [0.4, 0.5) is 0 Å². The number of ether oxygens (including phenoxy) is 2. The molecule has 0 fully saturated rings. The largest absolute Gasteiger partial charge is 0.485 e.